The highest BCUT2D eigenvalue weighted by molar-refractivity contribution is 5.77. The number of aryl methyl sites for hydroxylation is 2. The van der Waals surface area contributed by atoms with Crippen molar-refractivity contribution < 1.29 is 9.53 Å². The predicted octanol–water partition coefficient (Wildman–Crippen LogP) is 1.16. The Hall–Kier alpha value is -1.39. The van der Waals surface area contributed by atoms with E-state index in [4.69, 9.17) is 4.74 Å². The number of carbonyl (C=O) groups is 1. The third kappa shape index (κ3) is 5.29. The lowest BCUT2D eigenvalue weighted by atomic mass is 10.1. The largest absolute Gasteiger partial charge is 0.383 e. The molecule has 0 aliphatic heterocycles. The van der Waals surface area contributed by atoms with Crippen molar-refractivity contribution in [1.29, 1.82) is 0 Å². The molecule has 100 valence electrons. The van der Waals surface area contributed by atoms with Crippen LogP contribution in [0.1, 0.15) is 16.7 Å². The van der Waals surface area contributed by atoms with E-state index in [0.717, 1.165) is 0 Å². The molecule has 0 saturated carbocycles. The lowest BCUT2D eigenvalue weighted by molar-refractivity contribution is -0.120. The number of hydrogen-bond acceptors (Lipinski definition) is 3. The van der Waals surface area contributed by atoms with E-state index in [1.54, 1.807) is 7.11 Å². The van der Waals surface area contributed by atoms with Crippen molar-refractivity contribution in [3.8, 4) is 0 Å². The van der Waals surface area contributed by atoms with E-state index in [1.807, 2.05) is 0 Å². The number of amides is 1. The van der Waals surface area contributed by atoms with Crippen LogP contribution in [0, 0.1) is 13.8 Å². The SMILES string of the molecule is COCCNC(=O)CNCc1ccc(C)cc1C. The number of rotatable bonds is 7. The van der Waals surface area contributed by atoms with E-state index in [2.05, 4.69) is 42.7 Å². The Balaban J connectivity index is 2.26. The van der Waals surface area contributed by atoms with Gasteiger partial charge >= 0.3 is 0 Å². The van der Waals surface area contributed by atoms with Crippen molar-refractivity contribution in [3.05, 3.63) is 34.9 Å². The summed E-state index contributed by atoms with van der Waals surface area (Å²) in [5, 5.41) is 5.90. The molecule has 1 aromatic carbocycles. The van der Waals surface area contributed by atoms with Gasteiger partial charge in [-0.2, -0.15) is 0 Å². The molecule has 0 fully saturated rings. The second-order valence-corrected chi connectivity index (χ2v) is 4.38. The minimum Gasteiger partial charge on any atom is -0.383 e. The van der Waals surface area contributed by atoms with Gasteiger partial charge in [-0.1, -0.05) is 23.8 Å². The second kappa shape index (κ2) is 7.84. The molecule has 0 aliphatic rings. The van der Waals surface area contributed by atoms with Gasteiger partial charge in [0.1, 0.15) is 0 Å². The predicted molar refractivity (Wildman–Crippen MR) is 72.5 cm³/mol. The average Bonchev–Trinajstić information content (AvgIpc) is 2.32. The van der Waals surface area contributed by atoms with Crippen LogP contribution in [0.15, 0.2) is 18.2 Å². The van der Waals surface area contributed by atoms with Gasteiger partial charge in [-0.05, 0) is 25.0 Å². The van der Waals surface area contributed by atoms with Crippen molar-refractivity contribution in [2.45, 2.75) is 20.4 Å². The van der Waals surface area contributed by atoms with Crippen LogP contribution in [0.5, 0.6) is 0 Å². The highest BCUT2D eigenvalue weighted by atomic mass is 16.5. The Morgan fingerprint density at radius 3 is 2.78 bits per heavy atom. The van der Waals surface area contributed by atoms with E-state index in [1.165, 1.54) is 16.7 Å². The van der Waals surface area contributed by atoms with Gasteiger partial charge in [0.05, 0.1) is 13.2 Å². The Labute approximate surface area is 109 Å². The van der Waals surface area contributed by atoms with Gasteiger partial charge < -0.3 is 15.4 Å². The second-order valence-electron chi connectivity index (χ2n) is 4.38. The molecule has 0 saturated heterocycles. The summed E-state index contributed by atoms with van der Waals surface area (Å²) < 4.78 is 4.86. The molecule has 0 unspecified atom stereocenters. The molecule has 0 aliphatic carbocycles. The van der Waals surface area contributed by atoms with E-state index in [9.17, 15) is 4.79 Å². The van der Waals surface area contributed by atoms with E-state index in [0.29, 0.717) is 26.2 Å². The molecule has 4 heteroatoms. The molecule has 0 radical (unpaired) electrons. The summed E-state index contributed by atoms with van der Waals surface area (Å²) in [7, 11) is 1.62. The fraction of sp³-hybridized carbons (Fsp3) is 0.500. The third-order valence-electron chi connectivity index (χ3n) is 2.73. The van der Waals surface area contributed by atoms with E-state index in [-0.39, 0.29) is 5.91 Å². The summed E-state index contributed by atoms with van der Waals surface area (Å²) in [6, 6.07) is 6.33. The van der Waals surface area contributed by atoms with Crippen LogP contribution in [0.3, 0.4) is 0 Å². The maximum Gasteiger partial charge on any atom is 0.234 e. The first kappa shape index (κ1) is 14.7. The van der Waals surface area contributed by atoms with Crippen LogP contribution in [-0.4, -0.2) is 32.7 Å². The van der Waals surface area contributed by atoms with Gasteiger partial charge in [-0.3, -0.25) is 4.79 Å². The molecule has 0 heterocycles. The Morgan fingerprint density at radius 2 is 2.11 bits per heavy atom. The number of benzene rings is 1. The molecule has 1 aromatic rings. The Bertz CT molecular complexity index is 391. The smallest absolute Gasteiger partial charge is 0.234 e. The summed E-state index contributed by atoms with van der Waals surface area (Å²) >= 11 is 0. The number of hydrogen-bond donors (Lipinski definition) is 2. The first-order chi connectivity index (χ1) is 8.63. The van der Waals surface area contributed by atoms with Gasteiger partial charge in [0, 0.05) is 20.2 Å². The zero-order valence-corrected chi connectivity index (χ0v) is 11.4. The van der Waals surface area contributed by atoms with Crippen molar-refractivity contribution in [2.75, 3.05) is 26.8 Å². The van der Waals surface area contributed by atoms with Crippen molar-refractivity contribution in [3.63, 3.8) is 0 Å². The molecule has 2 N–H and O–H groups in total. The van der Waals surface area contributed by atoms with Gasteiger partial charge in [0.25, 0.3) is 0 Å². The molecule has 18 heavy (non-hydrogen) atoms. The molecule has 0 atom stereocenters. The minimum absolute atomic E-state index is 0.00295. The minimum atomic E-state index is -0.00295. The number of nitrogens with one attached hydrogen (secondary N) is 2. The molecule has 0 bridgehead atoms. The zero-order chi connectivity index (χ0) is 13.4. The summed E-state index contributed by atoms with van der Waals surface area (Å²) in [5.41, 5.74) is 3.74. The van der Waals surface area contributed by atoms with Gasteiger partial charge in [0.15, 0.2) is 0 Å². The van der Waals surface area contributed by atoms with Gasteiger partial charge in [-0.25, -0.2) is 0 Å². The van der Waals surface area contributed by atoms with Crippen LogP contribution in [0.25, 0.3) is 0 Å². The fourth-order valence-corrected chi connectivity index (χ4v) is 1.71. The maximum absolute atomic E-state index is 11.4. The summed E-state index contributed by atoms with van der Waals surface area (Å²) in [6.45, 7) is 6.31. The third-order valence-corrected chi connectivity index (χ3v) is 2.73. The normalized spacial score (nSPS) is 10.4. The summed E-state index contributed by atoms with van der Waals surface area (Å²) in [6.07, 6.45) is 0. The van der Waals surface area contributed by atoms with Crippen molar-refractivity contribution in [2.24, 2.45) is 0 Å². The molecular weight excluding hydrogens is 228 g/mol. The average molecular weight is 250 g/mol. The van der Waals surface area contributed by atoms with E-state index >= 15 is 0 Å². The molecule has 1 rings (SSSR count). The quantitative estimate of drug-likeness (QED) is 0.714. The Morgan fingerprint density at radius 1 is 1.33 bits per heavy atom. The first-order valence-corrected chi connectivity index (χ1v) is 6.16. The van der Waals surface area contributed by atoms with Crippen LogP contribution >= 0.6 is 0 Å². The van der Waals surface area contributed by atoms with Crippen LogP contribution in [-0.2, 0) is 16.1 Å². The zero-order valence-electron chi connectivity index (χ0n) is 11.4. The molecular formula is C14H22N2O2. The van der Waals surface area contributed by atoms with Gasteiger partial charge in [0.2, 0.25) is 5.91 Å². The maximum atomic E-state index is 11.4. The number of ether oxygens (including phenoxy) is 1. The highest BCUT2D eigenvalue weighted by Gasteiger charge is 2.01. The molecule has 4 nitrogen and oxygen atoms in total. The highest BCUT2D eigenvalue weighted by Crippen LogP contribution is 2.09. The number of carbonyl (C=O) groups excluding carboxylic acids is 1. The topological polar surface area (TPSA) is 50.4 Å². The fourth-order valence-electron chi connectivity index (χ4n) is 1.71. The van der Waals surface area contributed by atoms with Crippen molar-refractivity contribution in [1.82, 2.24) is 10.6 Å². The summed E-state index contributed by atoms with van der Waals surface area (Å²) in [5.74, 6) is -0.00295. The lowest BCUT2D eigenvalue weighted by Crippen LogP contribution is -2.35. The monoisotopic (exact) mass is 250 g/mol. The lowest BCUT2D eigenvalue weighted by Gasteiger charge is -2.09. The van der Waals surface area contributed by atoms with Crippen LogP contribution in [0.4, 0.5) is 0 Å². The molecule has 1 amide bonds. The molecule has 0 aromatic heterocycles. The first-order valence-electron chi connectivity index (χ1n) is 6.16. The van der Waals surface area contributed by atoms with Crippen LogP contribution < -0.4 is 10.6 Å². The van der Waals surface area contributed by atoms with E-state index < -0.39 is 0 Å². The van der Waals surface area contributed by atoms with Gasteiger partial charge in [-0.15, -0.1) is 0 Å². The number of methoxy groups -OCH3 is 1. The standard InChI is InChI=1S/C14H22N2O2/c1-11-4-5-13(12(2)8-11)9-15-10-14(17)16-6-7-18-3/h4-5,8,15H,6-7,9-10H2,1-3H3,(H,16,17). The molecule has 0 spiro atoms. The van der Waals surface area contributed by atoms with Crippen molar-refractivity contribution >= 4 is 5.91 Å². The Kier molecular flexibility index (Phi) is 6.39. The summed E-state index contributed by atoms with van der Waals surface area (Å²) in [4.78, 5) is 11.4. The van der Waals surface area contributed by atoms with Crippen LogP contribution in [0.2, 0.25) is 0 Å².